The summed E-state index contributed by atoms with van der Waals surface area (Å²) in [5.74, 6) is 0.867. The Balaban J connectivity index is 1.92. The van der Waals surface area contributed by atoms with Gasteiger partial charge >= 0.3 is 0 Å². The lowest BCUT2D eigenvalue weighted by molar-refractivity contribution is 0.831. The van der Waals surface area contributed by atoms with E-state index in [2.05, 4.69) is 12.1 Å². The largest absolute Gasteiger partial charge is 0.323 e. The first-order valence-electron chi connectivity index (χ1n) is 5.44. The summed E-state index contributed by atoms with van der Waals surface area (Å²) in [5, 5.41) is 0.765. The van der Waals surface area contributed by atoms with Gasteiger partial charge in [0.05, 0.1) is 0 Å². The second kappa shape index (κ2) is 6.10. The number of rotatable bonds is 4. The molecule has 2 N–H and O–H groups in total. The molecule has 1 atom stereocenters. The highest BCUT2D eigenvalue weighted by atomic mass is 35.5. The number of hydrogen-bond acceptors (Lipinski definition) is 2. The lowest BCUT2D eigenvalue weighted by Gasteiger charge is -2.11. The van der Waals surface area contributed by atoms with E-state index in [1.54, 1.807) is 11.8 Å². The van der Waals surface area contributed by atoms with Crippen LogP contribution in [0.25, 0.3) is 0 Å². The molecule has 88 valence electrons. The van der Waals surface area contributed by atoms with Crippen molar-refractivity contribution in [3.05, 3.63) is 65.2 Å². The van der Waals surface area contributed by atoms with Crippen molar-refractivity contribution in [1.82, 2.24) is 0 Å². The summed E-state index contributed by atoms with van der Waals surface area (Å²) in [6, 6.07) is 18.1. The number of halogens is 1. The van der Waals surface area contributed by atoms with Gasteiger partial charge in [-0.2, -0.15) is 0 Å². The summed E-state index contributed by atoms with van der Waals surface area (Å²) in [7, 11) is 0. The minimum atomic E-state index is 0.0666. The normalized spacial score (nSPS) is 12.4. The Labute approximate surface area is 111 Å². The average Bonchev–Trinajstić information content (AvgIpc) is 2.39. The molecule has 0 heterocycles. The van der Waals surface area contributed by atoms with Crippen LogP contribution in [-0.4, -0.2) is 5.75 Å². The topological polar surface area (TPSA) is 26.0 Å². The summed E-state index contributed by atoms with van der Waals surface area (Å²) in [4.78, 5) is 1.20. The monoisotopic (exact) mass is 263 g/mol. The molecular weight excluding hydrogens is 250 g/mol. The van der Waals surface area contributed by atoms with Gasteiger partial charge in [0.15, 0.2) is 0 Å². The van der Waals surface area contributed by atoms with E-state index in [1.165, 1.54) is 10.5 Å². The molecule has 0 aliphatic carbocycles. The van der Waals surface area contributed by atoms with Gasteiger partial charge in [-0.25, -0.2) is 0 Å². The fourth-order valence-corrected chi connectivity index (χ4v) is 2.53. The third-order valence-electron chi connectivity index (χ3n) is 2.47. The molecule has 0 amide bonds. The van der Waals surface area contributed by atoms with E-state index < -0.39 is 0 Å². The average molecular weight is 264 g/mol. The minimum absolute atomic E-state index is 0.0666. The maximum Gasteiger partial charge on any atom is 0.0406 e. The predicted molar refractivity (Wildman–Crippen MR) is 75.5 cm³/mol. The van der Waals surface area contributed by atoms with Crippen LogP contribution in [0.3, 0.4) is 0 Å². The molecule has 0 radical (unpaired) electrons. The van der Waals surface area contributed by atoms with Crippen LogP contribution in [0.15, 0.2) is 59.5 Å². The zero-order valence-electron chi connectivity index (χ0n) is 9.34. The second-order valence-electron chi connectivity index (χ2n) is 3.78. The van der Waals surface area contributed by atoms with Crippen molar-refractivity contribution < 1.29 is 0 Å². The summed E-state index contributed by atoms with van der Waals surface area (Å²) in [6.07, 6.45) is 0. The van der Waals surface area contributed by atoms with Crippen LogP contribution in [0, 0.1) is 0 Å². The molecule has 1 nitrogen and oxygen atoms in total. The lowest BCUT2D eigenvalue weighted by Crippen LogP contribution is -2.12. The van der Waals surface area contributed by atoms with Crippen LogP contribution in [0.5, 0.6) is 0 Å². The van der Waals surface area contributed by atoms with Crippen LogP contribution in [0.2, 0.25) is 5.02 Å². The molecule has 17 heavy (non-hydrogen) atoms. The van der Waals surface area contributed by atoms with Gasteiger partial charge in [0.25, 0.3) is 0 Å². The summed E-state index contributed by atoms with van der Waals surface area (Å²) in [6.45, 7) is 0. The maximum atomic E-state index is 6.13. The Bertz CT molecular complexity index is 455. The Morgan fingerprint density at radius 2 is 1.65 bits per heavy atom. The van der Waals surface area contributed by atoms with Crippen molar-refractivity contribution in [2.45, 2.75) is 10.9 Å². The molecule has 2 aromatic rings. The zero-order valence-corrected chi connectivity index (χ0v) is 10.9. The van der Waals surface area contributed by atoms with Crippen molar-refractivity contribution in [2.24, 2.45) is 5.73 Å². The quantitative estimate of drug-likeness (QED) is 0.840. The number of nitrogens with two attached hydrogens (primary N) is 1. The molecule has 0 fully saturated rings. The highest BCUT2D eigenvalue weighted by Crippen LogP contribution is 2.24. The fourth-order valence-electron chi connectivity index (χ4n) is 1.51. The number of hydrogen-bond donors (Lipinski definition) is 1. The van der Waals surface area contributed by atoms with E-state index in [4.69, 9.17) is 17.3 Å². The first-order valence-corrected chi connectivity index (χ1v) is 6.81. The van der Waals surface area contributed by atoms with E-state index in [-0.39, 0.29) is 6.04 Å². The molecule has 0 saturated carbocycles. The highest BCUT2D eigenvalue weighted by molar-refractivity contribution is 7.99. The molecule has 0 spiro atoms. The molecule has 2 aromatic carbocycles. The molecular formula is C14H14ClNS. The smallest absolute Gasteiger partial charge is 0.0406 e. The zero-order chi connectivity index (χ0) is 12.1. The molecule has 0 aliphatic heterocycles. The number of benzene rings is 2. The van der Waals surface area contributed by atoms with Gasteiger partial charge in [-0.05, 0) is 29.8 Å². The van der Waals surface area contributed by atoms with E-state index in [0.29, 0.717) is 0 Å². The Morgan fingerprint density at radius 1 is 1.00 bits per heavy atom. The highest BCUT2D eigenvalue weighted by Gasteiger charge is 2.05. The molecule has 0 bridgehead atoms. The third-order valence-corrected chi connectivity index (χ3v) is 3.85. The summed E-state index contributed by atoms with van der Waals surface area (Å²) >= 11 is 7.58. The maximum absolute atomic E-state index is 6.13. The van der Waals surface area contributed by atoms with Crippen LogP contribution < -0.4 is 5.73 Å². The first kappa shape index (κ1) is 12.5. The third kappa shape index (κ3) is 3.77. The van der Waals surface area contributed by atoms with Crippen LogP contribution in [0.1, 0.15) is 11.6 Å². The van der Waals surface area contributed by atoms with E-state index in [1.807, 2.05) is 42.5 Å². The SMILES string of the molecule is N[C@@H](CSc1ccc(Cl)cc1)c1ccccc1. The minimum Gasteiger partial charge on any atom is -0.323 e. The molecule has 0 unspecified atom stereocenters. The van der Waals surface area contributed by atoms with Crippen LogP contribution in [0.4, 0.5) is 0 Å². The lowest BCUT2D eigenvalue weighted by atomic mass is 10.1. The van der Waals surface area contributed by atoms with Crippen LogP contribution in [-0.2, 0) is 0 Å². The first-order chi connectivity index (χ1) is 8.25. The van der Waals surface area contributed by atoms with Crippen LogP contribution >= 0.6 is 23.4 Å². The van der Waals surface area contributed by atoms with E-state index in [0.717, 1.165) is 10.8 Å². The predicted octanol–water partition coefficient (Wildman–Crippen LogP) is 4.13. The van der Waals surface area contributed by atoms with Gasteiger partial charge in [-0.1, -0.05) is 41.9 Å². The second-order valence-corrected chi connectivity index (χ2v) is 5.31. The van der Waals surface area contributed by atoms with Crippen molar-refractivity contribution in [1.29, 1.82) is 0 Å². The van der Waals surface area contributed by atoms with E-state index in [9.17, 15) is 0 Å². The van der Waals surface area contributed by atoms with Gasteiger partial charge in [-0.3, -0.25) is 0 Å². The Hall–Kier alpha value is -0.960. The number of thioether (sulfide) groups is 1. The Kier molecular flexibility index (Phi) is 4.49. The summed E-state index contributed by atoms with van der Waals surface area (Å²) in [5.41, 5.74) is 7.30. The van der Waals surface area contributed by atoms with Gasteiger partial charge in [-0.15, -0.1) is 11.8 Å². The molecule has 0 saturated heterocycles. The van der Waals surface area contributed by atoms with Gasteiger partial charge in [0.2, 0.25) is 0 Å². The van der Waals surface area contributed by atoms with Crippen molar-refractivity contribution >= 4 is 23.4 Å². The van der Waals surface area contributed by atoms with Crippen molar-refractivity contribution in [3.8, 4) is 0 Å². The van der Waals surface area contributed by atoms with Gasteiger partial charge in [0.1, 0.15) is 0 Å². The molecule has 0 aliphatic rings. The molecule has 3 heteroatoms. The Morgan fingerprint density at radius 3 is 2.29 bits per heavy atom. The summed E-state index contributed by atoms with van der Waals surface area (Å²) < 4.78 is 0. The van der Waals surface area contributed by atoms with Gasteiger partial charge < -0.3 is 5.73 Å². The molecule has 2 rings (SSSR count). The van der Waals surface area contributed by atoms with E-state index >= 15 is 0 Å². The fraction of sp³-hybridized carbons (Fsp3) is 0.143. The van der Waals surface area contributed by atoms with Crippen molar-refractivity contribution in [2.75, 3.05) is 5.75 Å². The van der Waals surface area contributed by atoms with Gasteiger partial charge in [0, 0.05) is 21.7 Å². The molecule has 0 aromatic heterocycles. The standard InChI is InChI=1S/C14H14ClNS/c15-12-6-8-13(9-7-12)17-10-14(16)11-4-2-1-3-5-11/h1-9,14H,10,16H2/t14-/m0/s1. The van der Waals surface area contributed by atoms with Crippen molar-refractivity contribution in [3.63, 3.8) is 0 Å².